The topological polar surface area (TPSA) is 106 Å². The fourth-order valence-corrected chi connectivity index (χ4v) is 3.58. The van der Waals surface area contributed by atoms with Gasteiger partial charge in [-0.3, -0.25) is 4.79 Å². The Labute approximate surface area is 178 Å². The van der Waals surface area contributed by atoms with Gasteiger partial charge in [0.1, 0.15) is 11.6 Å². The van der Waals surface area contributed by atoms with Crippen molar-refractivity contribution in [2.45, 2.75) is 6.10 Å². The molecular formula is C22H21N5O4. The van der Waals surface area contributed by atoms with Gasteiger partial charge in [0.15, 0.2) is 12.2 Å². The van der Waals surface area contributed by atoms with Gasteiger partial charge in [-0.2, -0.15) is 0 Å². The number of amides is 1. The monoisotopic (exact) mass is 419 g/mol. The third-order valence-electron chi connectivity index (χ3n) is 5.38. The van der Waals surface area contributed by atoms with Crippen molar-refractivity contribution in [3.05, 3.63) is 54.7 Å². The van der Waals surface area contributed by atoms with E-state index in [2.05, 4.69) is 20.3 Å². The summed E-state index contributed by atoms with van der Waals surface area (Å²) in [5.74, 6) is 1.82. The third-order valence-corrected chi connectivity index (χ3v) is 5.38. The second kappa shape index (κ2) is 7.77. The number of likely N-dealkylation sites (tertiary alicyclic amines) is 1. The summed E-state index contributed by atoms with van der Waals surface area (Å²) < 4.78 is 16.1. The number of carbonyl (C=O) groups excluding carboxylic acids is 1. The number of pyridine rings is 1. The van der Waals surface area contributed by atoms with Crippen LogP contribution in [0.5, 0.6) is 5.75 Å². The Hall–Kier alpha value is -3.85. The molecule has 0 atom stereocenters. The minimum absolute atomic E-state index is 0.0379. The first-order valence-corrected chi connectivity index (χ1v) is 9.79. The van der Waals surface area contributed by atoms with Crippen molar-refractivity contribution in [1.82, 2.24) is 19.9 Å². The molecule has 1 saturated heterocycles. The Kier molecular flexibility index (Phi) is 4.79. The zero-order valence-electron chi connectivity index (χ0n) is 17.1. The third kappa shape index (κ3) is 3.59. The number of rotatable bonds is 6. The van der Waals surface area contributed by atoms with Crippen molar-refractivity contribution in [1.29, 1.82) is 0 Å². The molecule has 4 heterocycles. The molecule has 4 aromatic rings. The van der Waals surface area contributed by atoms with Crippen molar-refractivity contribution < 1.29 is 18.7 Å². The van der Waals surface area contributed by atoms with Crippen LogP contribution in [-0.4, -0.2) is 59.2 Å². The summed E-state index contributed by atoms with van der Waals surface area (Å²) in [6, 6.07) is 9.19. The summed E-state index contributed by atoms with van der Waals surface area (Å²) >= 11 is 0. The van der Waals surface area contributed by atoms with Gasteiger partial charge in [-0.15, -0.1) is 0 Å². The fourth-order valence-electron chi connectivity index (χ4n) is 3.58. The summed E-state index contributed by atoms with van der Waals surface area (Å²) in [4.78, 5) is 26.1. The zero-order valence-corrected chi connectivity index (χ0v) is 17.1. The molecule has 1 aliphatic rings. The van der Waals surface area contributed by atoms with Crippen LogP contribution in [0.3, 0.4) is 0 Å². The number of aromatic nitrogens is 3. The highest BCUT2D eigenvalue weighted by atomic mass is 16.5. The maximum absolute atomic E-state index is 12.6. The molecule has 0 spiro atoms. The minimum atomic E-state index is -0.0379. The van der Waals surface area contributed by atoms with E-state index in [1.54, 1.807) is 43.6 Å². The molecule has 9 heteroatoms. The highest BCUT2D eigenvalue weighted by Crippen LogP contribution is 2.31. The van der Waals surface area contributed by atoms with Gasteiger partial charge in [0.25, 0.3) is 5.91 Å². The van der Waals surface area contributed by atoms with Gasteiger partial charge < -0.3 is 29.1 Å². The van der Waals surface area contributed by atoms with E-state index in [1.807, 2.05) is 18.2 Å². The molecule has 0 aliphatic carbocycles. The number of carbonyl (C=O) groups is 1. The lowest BCUT2D eigenvalue weighted by Gasteiger charge is -2.38. The Morgan fingerprint density at radius 3 is 2.84 bits per heavy atom. The molecule has 0 unspecified atom stereocenters. The Morgan fingerprint density at radius 2 is 2.10 bits per heavy atom. The first-order valence-electron chi connectivity index (χ1n) is 9.79. The van der Waals surface area contributed by atoms with Gasteiger partial charge in [-0.1, -0.05) is 0 Å². The number of methoxy groups -OCH3 is 2. The number of H-pyrrole nitrogens is 1. The van der Waals surface area contributed by atoms with E-state index in [1.165, 1.54) is 6.39 Å². The molecular weight excluding hydrogens is 398 g/mol. The van der Waals surface area contributed by atoms with Crippen LogP contribution in [0.15, 0.2) is 53.5 Å². The summed E-state index contributed by atoms with van der Waals surface area (Å²) in [6.07, 6.45) is 4.94. The van der Waals surface area contributed by atoms with E-state index in [9.17, 15) is 4.79 Å². The van der Waals surface area contributed by atoms with Gasteiger partial charge in [-0.05, 0) is 24.3 Å². The molecule has 158 valence electrons. The van der Waals surface area contributed by atoms with E-state index in [4.69, 9.17) is 13.9 Å². The number of fused-ring (bicyclic) bond motifs is 1. The smallest absolute Gasteiger partial charge is 0.254 e. The molecule has 5 rings (SSSR count). The second-order valence-corrected chi connectivity index (χ2v) is 7.31. The first-order chi connectivity index (χ1) is 15.1. The fraction of sp³-hybridized carbons (Fsp3) is 0.227. The van der Waals surface area contributed by atoms with Crippen LogP contribution >= 0.6 is 0 Å². The van der Waals surface area contributed by atoms with Gasteiger partial charge >= 0.3 is 0 Å². The molecule has 0 saturated carbocycles. The SMILES string of the molecule is COc1cc(C(=O)N2CC(OC)C2)ccc1Nc1cc2[nH]c(-c3cnco3)cc2cn1. The summed E-state index contributed by atoms with van der Waals surface area (Å²) in [6.45, 7) is 1.21. The summed E-state index contributed by atoms with van der Waals surface area (Å²) in [5, 5.41) is 4.21. The number of aromatic amines is 1. The second-order valence-electron chi connectivity index (χ2n) is 7.31. The minimum Gasteiger partial charge on any atom is -0.495 e. The van der Waals surface area contributed by atoms with Gasteiger partial charge in [0.05, 0.1) is 36.3 Å². The number of oxazole rings is 1. The van der Waals surface area contributed by atoms with Crippen LogP contribution in [0.4, 0.5) is 11.5 Å². The molecule has 2 N–H and O–H groups in total. The lowest BCUT2D eigenvalue weighted by Crippen LogP contribution is -2.54. The number of ether oxygens (including phenoxy) is 2. The molecule has 31 heavy (non-hydrogen) atoms. The largest absolute Gasteiger partial charge is 0.495 e. The quantitative estimate of drug-likeness (QED) is 0.493. The van der Waals surface area contributed by atoms with Crippen molar-refractivity contribution >= 4 is 28.3 Å². The van der Waals surface area contributed by atoms with E-state index < -0.39 is 0 Å². The molecule has 0 radical (unpaired) electrons. The van der Waals surface area contributed by atoms with Crippen LogP contribution in [0.1, 0.15) is 10.4 Å². The molecule has 3 aromatic heterocycles. The number of nitrogens with one attached hydrogen (secondary N) is 2. The Bertz CT molecular complexity index is 1230. The van der Waals surface area contributed by atoms with Gasteiger partial charge in [0.2, 0.25) is 0 Å². The lowest BCUT2D eigenvalue weighted by molar-refractivity contribution is -0.0192. The van der Waals surface area contributed by atoms with Crippen molar-refractivity contribution in [2.24, 2.45) is 0 Å². The van der Waals surface area contributed by atoms with Crippen molar-refractivity contribution in [3.63, 3.8) is 0 Å². The number of anilines is 2. The first kappa shape index (κ1) is 19.1. The standard InChI is InChI=1S/C22H21N5O4/c1-29-15-10-27(11-15)22(28)13-3-4-16(19(6-13)30-2)26-21-7-17-14(8-24-21)5-18(25-17)20-9-23-12-31-20/h3-9,12,15,25H,10-11H2,1-2H3,(H,24,26). The predicted octanol–water partition coefficient (Wildman–Crippen LogP) is 3.44. The van der Waals surface area contributed by atoms with Crippen LogP contribution in [0, 0.1) is 0 Å². The maximum Gasteiger partial charge on any atom is 0.254 e. The Balaban J connectivity index is 1.36. The zero-order chi connectivity index (χ0) is 21.4. The van der Waals surface area contributed by atoms with Crippen LogP contribution in [0.2, 0.25) is 0 Å². The molecule has 1 aliphatic heterocycles. The van der Waals surface area contributed by atoms with Gasteiger partial charge in [-0.25, -0.2) is 9.97 Å². The lowest BCUT2D eigenvalue weighted by atomic mass is 10.1. The highest BCUT2D eigenvalue weighted by molar-refractivity contribution is 5.96. The van der Waals surface area contributed by atoms with E-state index in [0.29, 0.717) is 41.7 Å². The van der Waals surface area contributed by atoms with Crippen LogP contribution in [-0.2, 0) is 4.74 Å². The predicted molar refractivity (Wildman–Crippen MR) is 115 cm³/mol. The maximum atomic E-state index is 12.6. The van der Waals surface area contributed by atoms with E-state index in [0.717, 1.165) is 16.6 Å². The Morgan fingerprint density at radius 1 is 1.23 bits per heavy atom. The van der Waals surface area contributed by atoms with Crippen LogP contribution in [0.25, 0.3) is 22.4 Å². The van der Waals surface area contributed by atoms with Gasteiger partial charge in [0, 0.05) is 43.4 Å². The normalized spacial score (nSPS) is 13.9. The molecule has 0 bridgehead atoms. The average Bonchev–Trinajstić information content (AvgIpc) is 3.42. The van der Waals surface area contributed by atoms with Crippen LogP contribution < -0.4 is 10.1 Å². The number of hydrogen-bond acceptors (Lipinski definition) is 7. The van der Waals surface area contributed by atoms with Crippen molar-refractivity contribution in [2.75, 3.05) is 32.6 Å². The number of nitrogens with zero attached hydrogens (tertiary/aromatic N) is 3. The highest BCUT2D eigenvalue weighted by Gasteiger charge is 2.31. The molecule has 1 fully saturated rings. The van der Waals surface area contributed by atoms with Crippen molar-refractivity contribution in [3.8, 4) is 17.2 Å². The molecule has 1 amide bonds. The summed E-state index contributed by atoms with van der Waals surface area (Å²) in [5.41, 5.74) is 3.02. The van der Waals surface area contributed by atoms with E-state index in [-0.39, 0.29) is 12.0 Å². The molecule has 1 aromatic carbocycles. The summed E-state index contributed by atoms with van der Waals surface area (Å²) in [7, 11) is 3.23. The van der Waals surface area contributed by atoms with E-state index >= 15 is 0 Å². The number of hydrogen-bond donors (Lipinski definition) is 2. The number of benzene rings is 1. The molecule has 9 nitrogen and oxygen atoms in total. The average molecular weight is 419 g/mol.